The van der Waals surface area contributed by atoms with Crippen LogP contribution >= 0.6 is 11.3 Å². The Morgan fingerprint density at radius 1 is 1.38 bits per heavy atom. The van der Waals surface area contributed by atoms with E-state index in [1.165, 1.54) is 17.0 Å². The lowest BCUT2D eigenvalue weighted by atomic mass is 9.97. The van der Waals surface area contributed by atoms with Crippen LogP contribution in [0.1, 0.15) is 48.5 Å². The summed E-state index contributed by atoms with van der Waals surface area (Å²) < 4.78 is 13.0. The predicted octanol–water partition coefficient (Wildman–Crippen LogP) is 3.88. The second-order valence-corrected chi connectivity index (χ2v) is 7.36. The van der Waals surface area contributed by atoms with Gasteiger partial charge in [0.1, 0.15) is 5.82 Å². The number of carbonyl (C=O) groups is 1. The topological polar surface area (TPSA) is 54.0 Å². The first-order chi connectivity index (χ1) is 11.6. The molecule has 2 N–H and O–H groups in total. The molecule has 128 valence electrons. The van der Waals surface area contributed by atoms with Crippen molar-refractivity contribution in [3.63, 3.8) is 0 Å². The average molecular weight is 347 g/mol. The molecule has 1 amide bonds. The van der Waals surface area contributed by atoms with Crippen molar-refractivity contribution in [1.29, 1.82) is 0 Å². The van der Waals surface area contributed by atoms with Gasteiger partial charge in [0.25, 0.3) is 0 Å². The lowest BCUT2D eigenvalue weighted by molar-refractivity contribution is -0.116. The maximum Gasteiger partial charge on any atom is 0.226 e. The number of benzene rings is 1. The van der Waals surface area contributed by atoms with Gasteiger partial charge in [-0.2, -0.15) is 0 Å². The molecule has 1 fully saturated rings. The molecule has 1 aromatic carbocycles. The quantitative estimate of drug-likeness (QED) is 0.863. The molecule has 1 atom stereocenters. The van der Waals surface area contributed by atoms with E-state index in [1.54, 1.807) is 23.5 Å². The molecule has 0 spiro atoms. The molecule has 1 aliphatic heterocycles. The molecule has 6 heteroatoms. The molecule has 0 aliphatic carbocycles. The monoisotopic (exact) mass is 347 g/mol. The highest BCUT2D eigenvalue weighted by Crippen LogP contribution is 2.32. The predicted molar refractivity (Wildman–Crippen MR) is 95.0 cm³/mol. The molecule has 1 saturated heterocycles. The van der Waals surface area contributed by atoms with Crippen molar-refractivity contribution >= 4 is 22.4 Å². The van der Waals surface area contributed by atoms with Gasteiger partial charge < -0.3 is 10.6 Å². The number of hydrogen-bond donors (Lipinski definition) is 2. The number of anilines is 1. The van der Waals surface area contributed by atoms with Crippen LogP contribution in [-0.4, -0.2) is 24.0 Å². The lowest BCUT2D eigenvalue weighted by Crippen LogP contribution is -2.26. The highest BCUT2D eigenvalue weighted by molar-refractivity contribution is 7.15. The Balaban J connectivity index is 1.54. The van der Waals surface area contributed by atoms with Crippen LogP contribution < -0.4 is 10.6 Å². The number of nitrogens with zero attached hydrogens (tertiary/aromatic N) is 1. The standard InChI is InChI=1S/C18H22FN3OS/c1-12(13-2-4-15(19)5-3-13)10-17(23)22-18-21-11-16(24-18)14-6-8-20-9-7-14/h2-5,11-12,14,20H,6-10H2,1H3,(H,21,22,23). The van der Waals surface area contributed by atoms with Crippen molar-refractivity contribution in [2.75, 3.05) is 18.4 Å². The molecule has 2 aromatic rings. The zero-order chi connectivity index (χ0) is 16.9. The van der Waals surface area contributed by atoms with E-state index >= 15 is 0 Å². The van der Waals surface area contributed by atoms with Crippen molar-refractivity contribution in [3.8, 4) is 0 Å². The van der Waals surface area contributed by atoms with Gasteiger partial charge in [0.2, 0.25) is 5.91 Å². The summed E-state index contributed by atoms with van der Waals surface area (Å²) in [5.74, 6) is 0.267. The third kappa shape index (κ3) is 4.39. The largest absolute Gasteiger partial charge is 0.317 e. The van der Waals surface area contributed by atoms with E-state index in [1.807, 2.05) is 13.1 Å². The molecular formula is C18H22FN3OS. The van der Waals surface area contributed by atoms with E-state index < -0.39 is 0 Å². The van der Waals surface area contributed by atoms with E-state index in [9.17, 15) is 9.18 Å². The molecule has 1 unspecified atom stereocenters. The fourth-order valence-corrected chi connectivity index (χ4v) is 4.00. The third-order valence-corrected chi connectivity index (χ3v) is 5.52. The zero-order valence-electron chi connectivity index (χ0n) is 13.7. The van der Waals surface area contributed by atoms with E-state index in [4.69, 9.17) is 0 Å². The van der Waals surface area contributed by atoms with Gasteiger partial charge in [0.15, 0.2) is 5.13 Å². The Bertz CT molecular complexity index is 680. The first-order valence-electron chi connectivity index (χ1n) is 8.33. The van der Waals surface area contributed by atoms with Gasteiger partial charge in [-0.1, -0.05) is 19.1 Å². The second kappa shape index (κ2) is 7.85. The van der Waals surface area contributed by atoms with Gasteiger partial charge in [0.05, 0.1) is 0 Å². The van der Waals surface area contributed by atoms with E-state index in [0.29, 0.717) is 17.5 Å². The molecule has 4 nitrogen and oxygen atoms in total. The average Bonchev–Trinajstić information content (AvgIpc) is 3.04. The summed E-state index contributed by atoms with van der Waals surface area (Å²) in [5.41, 5.74) is 0.959. The summed E-state index contributed by atoms with van der Waals surface area (Å²) >= 11 is 1.57. The number of aromatic nitrogens is 1. The molecule has 24 heavy (non-hydrogen) atoms. The molecule has 1 aliphatic rings. The highest BCUT2D eigenvalue weighted by atomic mass is 32.1. The van der Waals surface area contributed by atoms with Crippen molar-refractivity contribution in [3.05, 3.63) is 46.7 Å². The first-order valence-corrected chi connectivity index (χ1v) is 9.15. The van der Waals surface area contributed by atoms with Crippen LogP contribution in [0.3, 0.4) is 0 Å². The smallest absolute Gasteiger partial charge is 0.226 e. The second-order valence-electron chi connectivity index (χ2n) is 6.30. The Hall–Kier alpha value is -1.79. The zero-order valence-corrected chi connectivity index (χ0v) is 14.5. The van der Waals surface area contributed by atoms with Gasteiger partial charge in [-0.3, -0.25) is 4.79 Å². The fourth-order valence-electron chi connectivity index (χ4n) is 3.00. The summed E-state index contributed by atoms with van der Waals surface area (Å²) in [5, 5.41) is 6.91. The minimum atomic E-state index is -0.261. The van der Waals surface area contributed by atoms with Crippen LogP contribution in [0.25, 0.3) is 0 Å². The minimum absolute atomic E-state index is 0.0365. The van der Waals surface area contributed by atoms with Gasteiger partial charge in [-0.15, -0.1) is 11.3 Å². The molecule has 0 saturated carbocycles. The van der Waals surface area contributed by atoms with Gasteiger partial charge in [-0.25, -0.2) is 9.37 Å². The van der Waals surface area contributed by atoms with Crippen LogP contribution in [0.4, 0.5) is 9.52 Å². The Labute approximate surface area is 145 Å². The maximum absolute atomic E-state index is 13.0. The van der Waals surface area contributed by atoms with E-state index in [0.717, 1.165) is 31.5 Å². The van der Waals surface area contributed by atoms with Gasteiger partial charge >= 0.3 is 0 Å². The van der Waals surface area contributed by atoms with Crippen LogP contribution in [0, 0.1) is 5.82 Å². The van der Waals surface area contributed by atoms with Crippen LogP contribution in [0.15, 0.2) is 30.5 Å². The Kier molecular flexibility index (Phi) is 5.58. The van der Waals surface area contributed by atoms with Gasteiger partial charge in [0, 0.05) is 17.5 Å². The molecule has 0 bridgehead atoms. The molecule has 0 radical (unpaired) electrons. The third-order valence-electron chi connectivity index (χ3n) is 4.44. The van der Waals surface area contributed by atoms with E-state index in [-0.39, 0.29) is 17.6 Å². The number of rotatable bonds is 5. The molecule has 3 rings (SSSR count). The summed E-state index contributed by atoms with van der Waals surface area (Å²) in [6.07, 6.45) is 4.49. The fraction of sp³-hybridized carbons (Fsp3) is 0.444. The van der Waals surface area contributed by atoms with Crippen LogP contribution in [0.2, 0.25) is 0 Å². The maximum atomic E-state index is 13.0. The summed E-state index contributed by atoms with van der Waals surface area (Å²) in [7, 11) is 0. The van der Waals surface area contributed by atoms with Gasteiger partial charge in [-0.05, 0) is 55.5 Å². The van der Waals surface area contributed by atoms with Crippen molar-refractivity contribution in [1.82, 2.24) is 10.3 Å². The number of amides is 1. The Morgan fingerprint density at radius 3 is 2.79 bits per heavy atom. The lowest BCUT2D eigenvalue weighted by Gasteiger charge is -2.20. The summed E-state index contributed by atoms with van der Waals surface area (Å²) in [4.78, 5) is 17.8. The number of halogens is 1. The summed E-state index contributed by atoms with van der Waals surface area (Å²) in [6.45, 7) is 4.05. The van der Waals surface area contributed by atoms with Crippen LogP contribution in [-0.2, 0) is 4.79 Å². The van der Waals surface area contributed by atoms with Crippen molar-refractivity contribution in [2.45, 2.75) is 38.0 Å². The van der Waals surface area contributed by atoms with Crippen LogP contribution in [0.5, 0.6) is 0 Å². The minimum Gasteiger partial charge on any atom is -0.317 e. The number of hydrogen-bond acceptors (Lipinski definition) is 4. The highest BCUT2D eigenvalue weighted by Gasteiger charge is 2.19. The Morgan fingerprint density at radius 2 is 2.08 bits per heavy atom. The number of thiazole rings is 1. The van der Waals surface area contributed by atoms with E-state index in [2.05, 4.69) is 15.6 Å². The number of nitrogens with one attached hydrogen (secondary N) is 2. The molecular weight excluding hydrogens is 325 g/mol. The molecule has 1 aromatic heterocycles. The van der Waals surface area contributed by atoms with Crippen molar-refractivity contribution in [2.24, 2.45) is 0 Å². The normalized spacial score (nSPS) is 16.8. The van der Waals surface area contributed by atoms with Crippen molar-refractivity contribution < 1.29 is 9.18 Å². The number of piperidine rings is 1. The first kappa shape index (κ1) is 17.0. The SMILES string of the molecule is CC(CC(=O)Nc1ncc(C2CCNCC2)s1)c1ccc(F)cc1. The molecule has 2 heterocycles. The summed E-state index contributed by atoms with van der Waals surface area (Å²) in [6, 6.07) is 6.31. The number of carbonyl (C=O) groups excluding carboxylic acids is 1.